The summed E-state index contributed by atoms with van der Waals surface area (Å²) in [4.78, 5) is 23.6. The van der Waals surface area contributed by atoms with Crippen molar-refractivity contribution in [3.05, 3.63) is 0 Å². The van der Waals surface area contributed by atoms with Crippen LogP contribution in [0, 0.1) is 0 Å². The fourth-order valence-electron chi connectivity index (χ4n) is 2.23. The second-order valence-corrected chi connectivity index (χ2v) is 8.30. The highest BCUT2D eigenvalue weighted by Crippen LogP contribution is 2.06. The number of nitrogens with one attached hydrogen (secondary N) is 2. The number of aliphatic hydroxyl groups is 10. The van der Waals surface area contributed by atoms with Gasteiger partial charge in [0.05, 0.1) is 37.9 Å². The normalized spacial score (nSPS) is 17.8. The zero-order chi connectivity index (χ0) is 27.0. The number of amides is 2. The number of carbonyl (C=O) groups excluding carboxylic acids is 2. The molecule has 0 saturated heterocycles. The number of rotatable bonds is 18. The lowest BCUT2D eigenvalue weighted by atomic mass is 10.0. The molecule has 0 spiro atoms. The van der Waals surface area contributed by atoms with E-state index in [1.54, 1.807) is 0 Å². The van der Waals surface area contributed by atoms with Gasteiger partial charge in [-0.05, 0) is 0 Å². The predicted molar refractivity (Wildman–Crippen MR) is 122 cm³/mol. The molecule has 0 aromatic rings. The van der Waals surface area contributed by atoms with Crippen molar-refractivity contribution in [2.45, 2.75) is 49.5 Å². The van der Waals surface area contributed by atoms with Gasteiger partial charge in [0.25, 0.3) is 0 Å². The van der Waals surface area contributed by atoms with Crippen LogP contribution in [-0.4, -0.2) is 149 Å². The van der Waals surface area contributed by atoms with Gasteiger partial charge in [-0.2, -0.15) is 22.0 Å². The summed E-state index contributed by atoms with van der Waals surface area (Å²) in [7, 11) is 0. The standard InChI is InChI=1S/C18H34N4O12S/c23-5-9(15(31)17(33)11(27)7-25)19-21-13(29)1-3-35-4-2-14(30)22-20-10(6-24)16(32)18(34)12(28)8-26/h11-12,15-18,23-28,31-34H,1-8H2,(H,21,29)(H,22,30)/b19-9+,20-10+/t11-,12-,15+,16+,17-,18-/m1/s1. The highest BCUT2D eigenvalue weighted by Gasteiger charge is 2.29. The number of hydrogen-bond acceptors (Lipinski definition) is 15. The van der Waals surface area contributed by atoms with Crippen LogP contribution in [0.15, 0.2) is 10.2 Å². The second kappa shape index (κ2) is 18.5. The Hall–Kier alpha value is -1.77. The Balaban J connectivity index is 4.40. The molecule has 0 unspecified atom stereocenters. The Morgan fingerprint density at radius 1 is 0.657 bits per heavy atom. The first-order chi connectivity index (χ1) is 16.5. The first-order valence-corrected chi connectivity index (χ1v) is 11.5. The van der Waals surface area contributed by atoms with Crippen LogP contribution in [0.5, 0.6) is 0 Å². The highest BCUT2D eigenvalue weighted by molar-refractivity contribution is 7.99. The lowest BCUT2D eigenvalue weighted by Crippen LogP contribution is -2.45. The van der Waals surface area contributed by atoms with E-state index in [0.29, 0.717) is 0 Å². The summed E-state index contributed by atoms with van der Waals surface area (Å²) in [5.74, 6) is -0.696. The van der Waals surface area contributed by atoms with Crippen LogP contribution in [-0.2, 0) is 9.59 Å². The Labute approximate surface area is 204 Å². The van der Waals surface area contributed by atoms with Crippen molar-refractivity contribution in [2.75, 3.05) is 37.9 Å². The van der Waals surface area contributed by atoms with Crippen LogP contribution in [0.2, 0.25) is 0 Å². The van der Waals surface area contributed by atoms with Crippen LogP contribution in [0.3, 0.4) is 0 Å². The van der Waals surface area contributed by atoms with Crippen molar-refractivity contribution in [3.63, 3.8) is 0 Å². The molecular formula is C18H34N4O12S. The fourth-order valence-corrected chi connectivity index (χ4v) is 3.10. The van der Waals surface area contributed by atoms with E-state index in [2.05, 4.69) is 21.1 Å². The number of nitrogens with zero attached hydrogens (tertiary/aromatic N) is 2. The van der Waals surface area contributed by atoms with Crippen LogP contribution in [0.25, 0.3) is 0 Å². The Morgan fingerprint density at radius 2 is 1.00 bits per heavy atom. The van der Waals surface area contributed by atoms with E-state index in [1.807, 2.05) is 0 Å². The average Bonchev–Trinajstić information content (AvgIpc) is 2.86. The van der Waals surface area contributed by atoms with Crippen LogP contribution < -0.4 is 10.9 Å². The lowest BCUT2D eigenvalue weighted by molar-refractivity contribution is -0.121. The number of aliphatic hydroxyl groups excluding tert-OH is 10. The van der Waals surface area contributed by atoms with Crippen molar-refractivity contribution >= 4 is 35.0 Å². The quantitative estimate of drug-likeness (QED) is 0.0446. The largest absolute Gasteiger partial charge is 0.394 e. The first-order valence-electron chi connectivity index (χ1n) is 10.3. The van der Waals surface area contributed by atoms with Crippen molar-refractivity contribution in [1.29, 1.82) is 0 Å². The van der Waals surface area contributed by atoms with Gasteiger partial charge >= 0.3 is 0 Å². The van der Waals surface area contributed by atoms with Gasteiger partial charge in [-0.3, -0.25) is 9.59 Å². The number of carbonyl (C=O) groups is 2. The minimum Gasteiger partial charge on any atom is -0.394 e. The van der Waals surface area contributed by atoms with E-state index >= 15 is 0 Å². The van der Waals surface area contributed by atoms with Crippen LogP contribution >= 0.6 is 11.8 Å². The summed E-state index contributed by atoms with van der Waals surface area (Å²) in [6, 6.07) is 0. The lowest BCUT2D eigenvalue weighted by Gasteiger charge is -2.21. The summed E-state index contributed by atoms with van der Waals surface area (Å²) in [6.45, 7) is -3.35. The van der Waals surface area contributed by atoms with E-state index in [1.165, 1.54) is 11.8 Å². The molecule has 0 aliphatic carbocycles. The van der Waals surface area contributed by atoms with Gasteiger partial charge < -0.3 is 51.1 Å². The molecule has 16 nitrogen and oxygen atoms in total. The van der Waals surface area contributed by atoms with Gasteiger partial charge in [0.2, 0.25) is 11.8 Å². The summed E-state index contributed by atoms with van der Waals surface area (Å²) < 4.78 is 0. The molecule has 2 amide bonds. The minimum absolute atomic E-state index is 0.0590. The van der Waals surface area contributed by atoms with Gasteiger partial charge in [0.15, 0.2) is 0 Å². The highest BCUT2D eigenvalue weighted by atomic mass is 32.2. The smallest absolute Gasteiger partial charge is 0.240 e. The molecule has 0 aromatic carbocycles. The average molecular weight is 531 g/mol. The summed E-state index contributed by atoms with van der Waals surface area (Å²) in [6.07, 6.45) is -10.8. The molecule has 0 heterocycles. The van der Waals surface area contributed by atoms with E-state index in [4.69, 9.17) is 10.2 Å². The van der Waals surface area contributed by atoms with Gasteiger partial charge in [0, 0.05) is 24.3 Å². The van der Waals surface area contributed by atoms with E-state index in [-0.39, 0.29) is 24.3 Å². The monoisotopic (exact) mass is 530 g/mol. The zero-order valence-corrected chi connectivity index (χ0v) is 19.5. The van der Waals surface area contributed by atoms with E-state index < -0.39 is 86.3 Å². The third-order valence-corrected chi connectivity index (χ3v) is 5.40. The summed E-state index contributed by atoms with van der Waals surface area (Å²) >= 11 is 1.21. The van der Waals surface area contributed by atoms with Gasteiger partial charge in [-0.25, -0.2) is 10.9 Å². The SMILES string of the molecule is O=C(CCSCCC(=O)N/N=C(\CO)[C@H](O)[C@H](O)[C@H](O)CO)N/N=C(\CO)[C@H](O)[C@H](O)[C@H](O)CO. The second-order valence-electron chi connectivity index (χ2n) is 7.08. The molecule has 204 valence electrons. The van der Waals surface area contributed by atoms with Crippen LogP contribution in [0.1, 0.15) is 12.8 Å². The molecule has 12 N–H and O–H groups in total. The Morgan fingerprint density at radius 3 is 1.29 bits per heavy atom. The third kappa shape index (κ3) is 12.7. The molecule has 6 atom stereocenters. The van der Waals surface area contributed by atoms with Gasteiger partial charge in [-0.1, -0.05) is 0 Å². The van der Waals surface area contributed by atoms with Crippen molar-refractivity contribution in [2.24, 2.45) is 10.2 Å². The van der Waals surface area contributed by atoms with Crippen LogP contribution in [0.4, 0.5) is 0 Å². The van der Waals surface area contributed by atoms with Gasteiger partial charge in [-0.15, -0.1) is 0 Å². The fraction of sp³-hybridized carbons (Fsp3) is 0.778. The topological polar surface area (TPSA) is 285 Å². The number of hydrazone groups is 2. The third-order valence-electron chi connectivity index (χ3n) is 4.41. The summed E-state index contributed by atoms with van der Waals surface area (Å²) in [5.41, 5.74) is 3.25. The van der Waals surface area contributed by atoms with Crippen molar-refractivity contribution in [1.82, 2.24) is 10.9 Å². The Kier molecular flexibility index (Phi) is 17.6. The van der Waals surface area contributed by atoms with Gasteiger partial charge in [0.1, 0.15) is 36.6 Å². The molecule has 17 heteroatoms. The molecule has 0 aromatic heterocycles. The maximum atomic E-state index is 11.8. The van der Waals surface area contributed by atoms with E-state index in [0.717, 1.165) is 0 Å². The Bertz CT molecular complexity index is 642. The zero-order valence-electron chi connectivity index (χ0n) is 18.7. The molecule has 0 rings (SSSR count). The maximum Gasteiger partial charge on any atom is 0.240 e. The molecule has 0 aliphatic heterocycles. The molecule has 0 saturated carbocycles. The minimum atomic E-state index is -1.83. The maximum absolute atomic E-state index is 11.8. The number of hydrogen-bond donors (Lipinski definition) is 12. The van der Waals surface area contributed by atoms with Crippen molar-refractivity contribution < 1.29 is 60.7 Å². The molecule has 0 aliphatic rings. The number of thioether (sulfide) groups is 1. The first kappa shape index (κ1) is 33.2. The predicted octanol–water partition coefficient (Wildman–Crippen LogP) is -6.42. The molecular weight excluding hydrogens is 496 g/mol. The molecule has 35 heavy (non-hydrogen) atoms. The molecule has 0 bridgehead atoms. The summed E-state index contributed by atoms with van der Waals surface area (Å²) in [5, 5.41) is 100. The molecule has 0 radical (unpaired) electrons. The van der Waals surface area contributed by atoms with Crippen molar-refractivity contribution in [3.8, 4) is 0 Å². The van der Waals surface area contributed by atoms with E-state index in [9.17, 15) is 50.4 Å². The molecule has 0 fully saturated rings.